The van der Waals surface area contributed by atoms with Crippen molar-refractivity contribution in [2.75, 3.05) is 0 Å². The molecular weight excluding hydrogens is 362 g/mol. The first-order chi connectivity index (χ1) is 13.8. The maximum atomic E-state index is 6.28. The van der Waals surface area contributed by atoms with Crippen LogP contribution in [0.1, 0.15) is 77.8 Å². The summed E-state index contributed by atoms with van der Waals surface area (Å²) >= 11 is 0. The van der Waals surface area contributed by atoms with E-state index in [1.54, 1.807) is 0 Å². The molecule has 5 nitrogen and oxygen atoms in total. The largest absolute Gasteiger partial charge is 0.491 e. The predicted octanol–water partition coefficient (Wildman–Crippen LogP) is 4.76. The number of hydrogen-bond donors (Lipinski definition) is 1. The SMILES string of the molecule is CC[C@@H](C)Oc1ccc2c(c1)C1(N=C(C)C(N)=N1)C1(CCC(OC(C)C)CC1)C2. The summed E-state index contributed by atoms with van der Waals surface area (Å²) < 4.78 is 12.3. The maximum absolute atomic E-state index is 6.28. The highest BCUT2D eigenvalue weighted by Gasteiger charge is 2.60. The van der Waals surface area contributed by atoms with Gasteiger partial charge in [-0.3, -0.25) is 4.99 Å². The van der Waals surface area contributed by atoms with E-state index in [1.807, 2.05) is 6.92 Å². The molecule has 1 aromatic rings. The lowest BCUT2D eigenvalue weighted by Gasteiger charge is -2.45. The monoisotopic (exact) mass is 397 g/mol. The van der Waals surface area contributed by atoms with Gasteiger partial charge in [0.2, 0.25) is 0 Å². The van der Waals surface area contributed by atoms with Crippen LogP contribution in [0, 0.1) is 5.41 Å². The molecule has 4 rings (SSSR count). The highest BCUT2D eigenvalue weighted by Crippen LogP contribution is 2.62. The van der Waals surface area contributed by atoms with E-state index in [4.69, 9.17) is 25.2 Å². The lowest BCUT2D eigenvalue weighted by molar-refractivity contribution is -0.0485. The Morgan fingerprint density at radius 1 is 1.17 bits per heavy atom. The summed E-state index contributed by atoms with van der Waals surface area (Å²) in [5.74, 6) is 1.48. The molecule has 0 bridgehead atoms. The van der Waals surface area contributed by atoms with Gasteiger partial charge in [-0.1, -0.05) is 13.0 Å². The number of hydrogen-bond acceptors (Lipinski definition) is 5. The smallest absolute Gasteiger partial charge is 0.184 e. The van der Waals surface area contributed by atoms with Crippen LogP contribution < -0.4 is 10.5 Å². The van der Waals surface area contributed by atoms with Gasteiger partial charge < -0.3 is 15.2 Å². The fourth-order valence-electron chi connectivity index (χ4n) is 5.32. The van der Waals surface area contributed by atoms with Crippen molar-refractivity contribution in [3.63, 3.8) is 0 Å². The fourth-order valence-corrected chi connectivity index (χ4v) is 5.32. The summed E-state index contributed by atoms with van der Waals surface area (Å²) in [5.41, 5.74) is 9.02. The second-order valence-corrected chi connectivity index (χ2v) is 9.36. The third kappa shape index (κ3) is 3.37. The third-order valence-electron chi connectivity index (χ3n) is 6.97. The standard InChI is InChI=1S/C24H35N3O2/c1-6-16(4)29-20-8-7-18-14-23(11-9-19(10-12-23)28-15(2)3)24(21(18)13-20)26-17(5)22(25)27-24/h7-8,13,15-16,19H,6,9-12,14H2,1-5H3,(H2,25,27)/t16-,19?,23?,24?/m1/s1. The normalized spacial score (nSPS) is 31.9. The quantitative estimate of drug-likeness (QED) is 0.779. The van der Waals surface area contributed by atoms with E-state index in [-0.39, 0.29) is 17.6 Å². The average molecular weight is 398 g/mol. The molecular formula is C24H35N3O2. The molecule has 158 valence electrons. The van der Waals surface area contributed by atoms with Crippen LogP contribution in [0.25, 0.3) is 0 Å². The van der Waals surface area contributed by atoms with Crippen molar-refractivity contribution in [1.29, 1.82) is 0 Å². The molecule has 0 aromatic heterocycles. The van der Waals surface area contributed by atoms with Gasteiger partial charge in [-0.15, -0.1) is 0 Å². The zero-order valence-electron chi connectivity index (χ0n) is 18.5. The average Bonchev–Trinajstić information content (AvgIpc) is 3.12. The second-order valence-electron chi connectivity index (χ2n) is 9.36. The first-order valence-electron chi connectivity index (χ1n) is 11.2. The summed E-state index contributed by atoms with van der Waals surface area (Å²) in [6, 6.07) is 6.49. The minimum atomic E-state index is -0.603. The predicted molar refractivity (Wildman–Crippen MR) is 118 cm³/mol. The Hall–Kier alpha value is -1.88. The van der Waals surface area contributed by atoms with Crippen molar-refractivity contribution in [1.82, 2.24) is 0 Å². The van der Waals surface area contributed by atoms with Crippen LogP contribution in [0.3, 0.4) is 0 Å². The van der Waals surface area contributed by atoms with Crippen LogP contribution >= 0.6 is 0 Å². The topological polar surface area (TPSA) is 69.2 Å². The lowest BCUT2D eigenvalue weighted by atomic mass is 9.65. The Balaban J connectivity index is 1.71. The number of amidine groups is 1. The molecule has 1 aromatic carbocycles. The third-order valence-corrected chi connectivity index (χ3v) is 6.97. The van der Waals surface area contributed by atoms with E-state index in [9.17, 15) is 0 Å². The van der Waals surface area contributed by atoms with Crippen LogP contribution in [0.15, 0.2) is 28.2 Å². The van der Waals surface area contributed by atoms with Gasteiger partial charge in [-0.2, -0.15) is 0 Å². The van der Waals surface area contributed by atoms with Gasteiger partial charge in [0, 0.05) is 11.0 Å². The molecule has 2 atom stereocenters. The van der Waals surface area contributed by atoms with E-state index < -0.39 is 5.66 Å². The van der Waals surface area contributed by atoms with Crippen LogP contribution in [-0.2, 0) is 16.8 Å². The van der Waals surface area contributed by atoms with Crippen LogP contribution in [0.4, 0.5) is 0 Å². The van der Waals surface area contributed by atoms with E-state index in [2.05, 4.69) is 45.9 Å². The number of fused-ring (bicyclic) bond motifs is 3. The number of benzene rings is 1. The number of nitrogens with zero attached hydrogens (tertiary/aromatic N) is 2. The molecule has 2 spiro atoms. The Morgan fingerprint density at radius 2 is 1.90 bits per heavy atom. The van der Waals surface area contributed by atoms with E-state index >= 15 is 0 Å². The van der Waals surface area contributed by atoms with Crippen LogP contribution in [0.2, 0.25) is 0 Å². The Labute approximate surface area is 174 Å². The maximum Gasteiger partial charge on any atom is 0.184 e. The molecule has 0 radical (unpaired) electrons. The zero-order chi connectivity index (χ0) is 20.8. The van der Waals surface area contributed by atoms with Crippen molar-refractivity contribution in [3.8, 4) is 5.75 Å². The fraction of sp³-hybridized carbons (Fsp3) is 0.667. The van der Waals surface area contributed by atoms with Gasteiger partial charge in [-0.05, 0) is 83.9 Å². The van der Waals surface area contributed by atoms with E-state index in [0.29, 0.717) is 11.9 Å². The summed E-state index contributed by atoms with van der Waals surface area (Å²) in [6.07, 6.45) is 6.96. The number of rotatable bonds is 5. The Bertz CT molecular complexity index is 817. The number of ether oxygens (including phenoxy) is 2. The van der Waals surface area contributed by atoms with Gasteiger partial charge in [-0.25, -0.2) is 4.99 Å². The summed E-state index contributed by atoms with van der Waals surface area (Å²) in [7, 11) is 0. The van der Waals surface area contributed by atoms with E-state index in [1.165, 1.54) is 11.1 Å². The Morgan fingerprint density at radius 3 is 2.48 bits per heavy atom. The summed E-state index contributed by atoms with van der Waals surface area (Å²) in [5, 5.41) is 0. The van der Waals surface area contributed by atoms with Crippen molar-refractivity contribution in [3.05, 3.63) is 29.3 Å². The molecule has 1 fully saturated rings. The molecule has 1 aliphatic heterocycles. The second kappa shape index (κ2) is 7.42. The minimum absolute atomic E-state index is 0.0243. The number of nitrogens with two attached hydrogens (primary N) is 1. The highest BCUT2D eigenvalue weighted by molar-refractivity contribution is 6.41. The molecule has 2 aliphatic carbocycles. The van der Waals surface area contributed by atoms with Gasteiger partial charge >= 0.3 is 0 Å². The molecule has 1 unspecified atom stereocenters. The molecule has 3 aliphatic rings. The van der Waals surface area contributed by atoms with Gasteiger partial charge in [0.25, 0.3) is 0 Å². The van der Waals surface area contributed by atoms with Gasteiger partial charge in [0.1, 0.15) is 11.6 Å². The minimum Gasteiger partial charge on any atom is -0.491 e. The first kappa shape index (κ1) is 20.4. The zero-order valence-corrected chi connectivity index (χ0v) is 18.5. The molecule has 1 heterocycles. The first-order valence-corrected chi connectivity index (χ1v) is 11.2. The van der Waals surface area contributed by atoms with Crippen molar-refractivity contribution >= 4 is 11.5 Å². The van der Waals surface area contributed by atoms with Crippen molar-refractivity contribution < 1.29 is 9.47 Å². The molecule has 0 amide bonds. The molecule has 2 N–H and O–H groups in total. The Kier molecular flexibility index (Phi) is 5.22. The van der Waals surface area contributed by atoms with Crippen LogP contribution in [-0.4, -0.2) is 29.9 Å². The van der Waals surface area contributed by atoms with E-state index in [0.717, 1.165) is 50.0 Å². The summed E-state index contributed by atoms with van der Waals surface area (Å²) in [6.45, 7) is 10.5. The summed E-state index contributed by atoms with van der Waals surface area (Å²) in [4.78, 5) is 10.2. The highest BCUT2D eigenvalue weighted by atomic mass is 16.5. The lowest BCUT2D eigenvalue weighted by Crippen LogP contribution is -2.44. The van der Waals surface area contributed by atoms with Crippen LogP contribution in [0.5, 0.6) is 5.75 Å². The number of aliphatic imine (C=N–C) groups is 2. The molecule has 29 heavy (non-hydrogen) atoms. The molecule has 1 saturated carbocycles. The van der Waals surface area contributed by atoms with Crippen molar-refractivity contribution in [2.24, 2.45) is 21.1 Å². The van der Waals surface area contributed by atoms with Gasteiger partial charge in [0.15, 0.2) is 5.66 Å². The molecule has 0 saturated heterocycles. The van der Waals surface area contributed by atoms with Gasteiger partial charge in [0.05, 0.1) is 24.0 Å². The molecule has 5 heteroatoms. The van der Waals surface area contributed by atoms with Crippen molar-refractivity contribution in [2.45, 2.75) is 97.1 Å².